The zero-order valence-corrected chi connectivity index (χ0v) is 6.81. The maximum absolute atomic E-state index is 10.6. The molecule has 0 bridgehead atoms. The number of thiol groups is 1. The van der Waals surface area contributed by atoms with Gasteiger partial charge in [0.25, 0.3) is 0 Å². The maximum Gasteiger partial charge on any atom is 0.304 e. The van der Waals surface area contributed by atoms with Crippen molar-refractivity contribution in [2.45, 2.75) is 20.3 Å². The van der Waals surface area contributed by atoms with Crippen LogP contribution in [0.2, 0.25) is 0 Å². The van der Waals surface area contributed by atoms with Crippen LogP contribution in [0.25, 0.3) is 0 Å². The van der Waals surface area contributed by atoms with Crippen molar-refractivity contribution in [2.75, 3.05) is 0 Å². The molecule has 10 heavy (non-hydrogen) atoms. The molecule has 3 nitrogen and oxygen atoms in total. The molecular weight excluding hydrogens is 152 g/mol. The average molecular weight is 162 g/mol. The van der Waals surface area contributed by atoms with Gasteiger partial charge in [-0.05, 0) is 0 Å². The standard InChI is InChI=1S/C6H10O3S/c1-6(2,5(9)10)3-4(7)8/h3H2,1-2H3,(H,7,8)(H,9,10). The van der Waals surface area contributed by atoms with Crippen LogP contribution >= 0.6 is 12.6 Å². The SMILES string of the molecule is CC(C)(CC(=O)O)C(=O)S. The molecule has 0 saturated heterocycles. The van der Waals surface area contributed by atoms with Gasteiger partial charge in [0.1, 0.15) is 0 Å². The molecule has 0 unspecified atom stereocenters. The minimum Gasteiger partial charge on any atom is -0.481 e. The molecule has 4 heteroatoms. The molecule has 0 aliphatic carbocycles. The Bertz CT molecular complexity index is 162. The third-order valence-electron chi connectivity index (χ3n) is 1.17. The van der Waals surface area contributed by atoms with Crippen molar-refractivity contribution in [3.8, 4) is 0 Å². The van der Waals surface area contributed by atoms with Gasteiger partial charge in [-0.1, -0.05) is 13.8 Å². The van der Waals surface area contributed by atoms with Gasteiger partial charge in [0, 0.05) is 5.41 Å². The Balaban J connectivity index is 4.13. The number of carbonyl (C=O) groups excluding carboxylic acids is 1. The monoisotopic (exact) mass is 162 g/mol. The Morgan fingerprint density at radius 2 is 1.90 bits per heavy atom. The van der Waals surface area contributed by atoms with Crippen LogP contribution in [0.1, 0.15) is 20.3 Å². The quantitative estimate of drug-likeness (QED) is 0.607. The van der Waals surface area contributed by atoms with Crippen molar-refractivity contribution in [2.24, 2.45) is 5.41 Å². The summed E-state index contributed by atoms with van der Waals surface area (Å²) in [4.78, 5) is 20.7. The van der Waals surface area contributed by atoms with Gasteiger partial charge in [-0.25, -0.2) is 0 Å². The first kappa shape index (κ1) is 9.49. The Morgan fingerprint density at radius 3 is 2.00 bits per heavy atom. The van der Waals surface area contributed by atoms with Gasteiger partial charge in [0.05, 0.1) is 6.42 Å². The van der Waals surface area contributed by atoms with Crippen LogP contribution in [0, 0.1) is 5.41 Å². The Hall–Kier alpha value is -0.510. The lowest BCUT2D eigenvalue weighted by atomic mass is 9.91. The molecule has 0 radical (unpaired) electrons. The molecule has 0 saturated carbocycles. The lowest BCUT2D eigenvalue weighted by molar-refractivity contribution is -0.141. The third kappa shape index (κ3) is 2.87. The van der Waals surface area contributed by atoms with Crippen molar-refractivity contribution < 1.29 is 14.7 Å². The minimum atomic E-state index is -0.979. The summed E-state index contributed by atoms with van der Waals surface area (Å²) in [7, 11) is 0. The molecule has 58 valence electrons. The molecule has 0 aliphatic heterocycles. The Morgan fingerprint density at radius 1 is 1.50 bits per heavy atom. The van der Waals surface area contributed by atoms with E-state index in [1.165, 1.54) is 0 Å². The number of hydrogen-bond acceptors (Lipinski definition) is 2. The van der Waals surface area contributed by atoms with Crippen LogP contribution in [0.5, 0.6) is 0 Å². The van der Waals surface area contributed by atoms with E-state index in [2.05, 4.69) is 12.6 Å². The summed E-state index contributed by atoms with van der Waals surface area (Å²) in [5.41, 5.74) is -0.852. The van der Waals surface area contributed by atoms with E-state index in [1.54, 1.807) is 13.8 Å². The Labute approximate surface area is 64.8 Å². The van der Waals surface area contributed by atoms with Crippen molar-refractivity contribution >= 4 is 23.7 Å². The molecule has 0 fully saturated rings. The molecule has 0 aromatic rings. The van der Waals surface area contributed by atoms with Crippen molar-refractivity contribution in [3.63, 3.8) is 0 Å². The molecule has 0 atom stereocenters. The fourth-order valence-corrected chi connectivity index (χ4v) is 0.533. The summed E-state index contributed by atoms with van der Waals surface area (Å²) >= 11 is 3.55. The molecule has 1 N–H and O–H groups in total. The first-order valence-corrected chi connectivity index (χ1v) is 3.26. The van der Waals surface area contributed by atoms with Gasteiger partial charge in [-0.2, -0.15) is 0 Å². The molecule has 0 rings (SSSR count). The first-order valence-electron chi connectivity index (χ1n) is 2.81. The topological polar surface area (TPSA) is 54.4 Å². The zero-order chi connectivity index (χ0) is 8.36. The number of hydrogen-bond donors (Lipinski definition) is 2. The predicted octanol–water partition coefficient (Wildman–Crippen LogP) is 0.944. The second-order valence-corrected chi connectivity index (χ2v) is 3.17. The highest BCUT2D eigenvalue weighted by molar-refractivity contribution is 7.96. The van der Waals surface area contributed by atoms with Crippen LogP contribution in [-0.2, 0) is 9.59 Å². The maximum atomic E-state index is 10.6. The summed E-state index contributed by atoms with van der Waals surface area (Å²) in [6, 6.07) is 0. The third-order valence-corrected chi connectivity index (χ3v) is 1.78. The summed E-state index contributed by atoms with van der Waals surface area (Å²) in [6.45, 7) is 3.10. The number of rotatable bonds is 3. The molecular formula is C6H10O3S. The zero-order valence-electron chi connectivity index (χ0n) is 5.92. The number of carboxylic acid groups (broad SMARTS) is 1. The average Bonchev–Trinajstić information content (AvgIpc) is 1.60. The summed E-state index contributed by atoms with van der Waals surface area (Å²) in [6.07, 6.45) is -0.171. The van der Waals surface area contributed by atoms with Crippen LogP contribution in [0.3, 0.4) is 0 Å². The molecule has 0 aromatic carbocycles. The normalized spacial score (nSPS) is 11.1. The summed E-state index contributed by atoms with van der Waals surface area (Å²) in [5.74, 6) is -0.979. The van der Waals surface area contributed by atoms with Crippen molar-refractivity contribution in [1.82, 2.24) is 0 Å². The highest BCUT2D eigenvalue weighted by atomic mass is 32.1. The van der Waals surface area contributed by atoms with Crippen molar-refractivity contribution in [3.05, 3.63) is 0 Å². The predicted molar refractivity (Wildman–Crippen MR) is 40.0 cm³/mol. The fourth-order valence-electron chi connectivity index (χ4n) is 0.454. The van der Waals surface area contributed by atoms with Crippen molar-refractivity contribution in [1.29, 1.82) is 0 Å². The number of carbonyl (C=O) groups is 2. The van der Waals surface area contributed by atoms with E-state index in [-0.39, 0.29) is 6.42 Å². The molecule has 0 aromatic heterocycles. The van der Waals surface area contributed by atoms with Crippen LogP contribution in [0.15, 0.2) is 0 Å². The van der Waals surface area contributed by atoms with E-state index < -0.39 is 16.5 Å². The molecule has 0 heterocycles. The second kappa shape index (κ2) is 3.05. The molecule has 0 spiro atoms. The van der Waals surface area contributed by atoms with Gasteiger partial charge in [0.15, 0.2) is 5.12 Å². The first-order chi connectivity index (χ1) is 4.36. The van der Waals surface area contributed by atoms with Crippen LogP contribution in [-0.4, -0.2) is 16.2 Å². The fraction of sp³-hybridized carbons (Fsp3) is 0.667. The van der Waals surface area contributed by atoms with E-state index in [9.17, 15) is 9.59 Å². The highest BCUT2D eigenvalue weighted by Crippen LogP contribution is 2.22. The number of aliphatic carboxylic acids is 1. The highest BCUT2D eigenvalue weighted by Gasteiger charge is 2.27. The van der Waals surface area contributed by atoms with E-state index in [0.29, 0.717) is 0 Å². The summed E-state index contributed by atoms with van der Waals surface area (Å²) < 4.78 is 0. The van der Waals surface area contributed by atoms with E-state index >= 15 is 0 Å². The van der Waals surface area contributed by atoms with Gasteiger partial charge < -0.3 is 5.11 Å². The van der Waals surface area contributed by atoms with Gasteiger partial charge in [0.2, 0.25) is 0 Å². The van der Waals surface area contributed by atoms with Crippen LogP contribution in [0.4, 0.5) is 0 Å². The van der Waals surface area contributed by atoms with E-state index in [0.717, 1.165) is 0 Å². The van der Waals surface area contributed by atoms with Gasteiger partial charge in [-0.3, -0.25) is 9.59 Å². The number of carboxylic acids is 1. The lowest BCUT2D eigenvalue weighted by Crippen LogP contribution is -2.23. The van der Waals surface area contributed by atoms with Crippen LogP contribution < -0.4 is 0 Å². The van der Waals surface area contributed by atoms with Gasteiger partial charge in [-0.15, -0.1) is 12.6 Å². The molecule has 0 amide bonds. The smallest absolute Gasteiger partial charge is 0.304 e. The summed E-state index contributed by atoms with van der Waals surface area (Å²) in [5, 5.41) is 7.92. The second-order valence-electron chi connectivity index (χ2n) is 2.76. The Kier molecular flexibility index (Phi) is 2.90. The van der Waals surface area contributed by atoms with Gasteiger partial charge >= 0.3 is 5.97 Å². The molecule has 0 aliphatic rings. The lowest BCUT2D eigenvalue weighted by Gasteiger charge is -2.16. The largest absolute Gasteiger partial charge is 0.481 e. The van der Waals surface area contributed by atoms with E-state index in [4.69, 9.17) is 5.11 Å². The van der Waals surface area contributed by atoms with E-state index in [1.807, 2.05) is 0 Å². The minimum absolute atomic E-state index is 0.171.